The second kappa shape index (κ2) is 15.2. The minimum absolute atomic E-state index is 0.0568. The molecular weight excluding hydrogens is 698 g/mol. The van der Waals surface area contributed by atoms with Crippen LogP contribution in [-0.2, 0) is 31.3 Å². The van der Waals surface area contributed by atoms with Crippen molar-refractivity contribution >= 4 is 33.2 Å². The molecule has 3 heterocycles. The van der Waals surface area contributed by atoms with Crippen LogP contribution in [0.25, 0.3) is 0 Å². The predicted molar refractivity (Wildman–Crippen MR) is 204 cm³/mol. The van der Waals surface area contributed by atoms with Crippen LogP contribution in [0.2, 0.25) is 5.02 Å². The fraction of sp³-hybridized carbons (Fsp3) is 0.634. The van der Waals surface area contributed by atoms with Gasteiger partial charge < -0.3 is 19.1 Å². The van der Waals surface area contributed by atoms with Crippen molar-refractivity contribution in [1.29, 1.82) is 0 Å². The standard InChI is InChI=1S/C41H54ClN3O6S/c1-28-4-2-6-37(50-21-18-44-16-19-49-20-17-44)34-12-9-32(34)25-45-26-41(15-3-5-30-23-33(42)11-13-35(30)41)27-51-38-14-10-31(24-36(38)45)40(46)43-52(47,48)39(28)22-29-7-8-29/h2,6,10-11,13-14,23-24,28-29,32,34,37,39H,3-5,7-9,12,15-22,25-27H2,1H3,(H,43,46)/b6-2+/t28-,32-,34+,37-,39-,41-/m0/s1. The first kappa shape index (κ1) is 36.4. The van der Waals surface area contributed by atoms with E-state index < -0.39 is 21.2 Å². The van der Waals surface area contributed by atoms with Crippen molar-refractivity contribution < 1.29 is 27.4 Å². The molecule has 6 aliphatic rings. The molecule has 52 heavy (non-hydrogen) atoms. The van der Waals surface area contributed by atoms with Gasteiger partial charge >= 0.3 is 0 Å². The first-order valence-corrected chi connectivity index (χ1v) is 21.5. The average Bonchev–Trinajstić information content (AvgIpc) is 3.96. The largest absolute Gasteiger partial charge is 0.490 e. The lowest BCUT2D eigenvalue weighted by Crippen LogP contribution is -2.50. The molecule has 2 bridgehead atoms. The zero-order valence-electron chi connectivity index (χ0n) is 30.4. The van der Waals surface area contributed by atoms with Gasteiger partial charge in [0.05, 0.1) is 43.5 Å². The summed E-state index contributed by atoms with van der Waals surface area (Å²) in [5, 5.41) is 0.0991. The van der Waals surface area contributed by atoms with Gasteiger partial charge in [-0.15, -0.1) is 0 Å². The predicted octanol–water partition coefficient (Wildman–Crippen LogP) is 6.38. The number of carbonyl (C=O) groups is 1. The van der Waals surface area contributed by atoms with Crippen LogP contribution in [0.5, 0.6) is 5.75 Å². The number of fused-ring (bicyclic) bond motifs is 4. The van der Waals surface area contributed by atoms with E-state index in [9.17, 15) is 13.2 Å². The molecule has 0 aromatic heterocycles. The van der Waals surface area contributed by atoms with Gasteiger partial charge in [0.1, 0.15) is 5.75 Å². The quantitative estimate of drug-likeness (QED) is 0.340. The van der Waals surface area contributed by atoms with Crippen molar-refractivity contribution in [2.75, 3.05) is 64.1 Å². The SMILES string of the molecule is C[C@H]1C/C=C/[C@H](OCCN2CCOCC2)[C@@H]2CC[C@H]2CN2C[C@@]3(CCCc4cc(Cl)ccc43)COc3ccc(cc32)C(=O)NS(=O)(=O)[C@H]1CC1CC1. The molecule has 2 aromatic carbocycles. The zero-order valence-corrected chi connectivity index (χ0v) is 32.0. The molecule has 282 valence electrons. The summed E-state index contributed by atoms with van der Waals surface area (Å²) >= 11 is 6.49. The number of hydrogen-bond acceptors (Lipinski definition) is 8. The van der Waals surface area contributed by atoms with Gasteiger partial charge in [0.25, 0.3) is 5.91 Å². The van der Waals surface area contributed by atoms with E-state index in [4.69, 9.17) is 25.8 Å². The van der Waals surface area contributed by atoms with E-state index in [2.05, 4.69) is 38.8 Å². The van der Waals surface area contributed by atoms with Crippen LogP contribution in [-0.4, -0.2) is 89.7 Å². The van der Waals surface area contributed by atoms with Crippen LogP contribution in [0, 0.1) is 23.7 Å². The lowest BCUT2D eigenvalue weighted by Gasteiger charge is -2.46. The highest BCUT2D eigenvalue weighted by molar-refractivity contribution is 7.90. The summed E-state index contributed by atoms with van der Waals surface area (Å²) in [6.45, 7) is 8.96. The Balaban J connectivity index is 1.14. The van der Waals surface area contributed by atoms with E-state index in [1.165, 1.54) is 11.1 Å². The number of carbonyl (C=O) groups excluding carboxylic acids is 1. The van der Waals surface area contributed by atoms with Gasteiger partial charge in [-0.2, -0.15) is 0 Å². The number of allylic oxidation sites excluding steroid dienone is 1. The van der Waals surface area contributed by atoms with E-state index in [1.807, 2.05) is 25.1 Å². The molecule has 1 spiro atoms. The molecule has 0 unspecified atom stereocenters. The van der Waals surface area contributed by atoms with Crippen molar-refractivity contribution in [3.8, 4) is 5.75 Å². The highest BCUT2D eigenvalue weighted by Gasteiger charge is 2.45. The molecule has 0 radical (unpaired) electrons. The fourth-order valence-electron chi connectivity index (χ4n) is 9.45. The van der Waals surface area contributed by atoms with E-state index in [0.29, 0.717) is 49.4 Å². The summed E-state index contributed by atoms with van der Waals surface area (Å²) in [7, 11) is -3.94. The molecular formula is C41H54ClN3O6S. The third-order valence-corrected chi connectivity index (χ3v) is 15.0. The van der Waals surface area contributed by atoms with Crippen LogP contribution < -0.4 is 14.4 Å². The fourth-order valence-corrected chi connectivity index (χ4v) is 11.4. The van der Waals surface area contributed by atoms with Crippen LogP contribution in [0.15, 0.2) is 48.6 Å². The summed E-state index contributed by atoms with van der Waals surface area (Å²) in [4.78, 5) is 18.7. The van der Waals surface area contributed by atoms with Gasteiger partial charge in [0.2, 0.25) is 10.0 Å². The molecule has 8 rings (SSSR count). The highest BCUT2D eigenvalue weighted by atomic mass is 35.5. The maximum atomic E-state index is 14.0. The van der Waals surface area contributed by atoms with Crippen LogP contribution in [0.4, 0.5) is 5.69 Å². The topological polar surface area (TPSA) is 97.4 Å². The number of sulfonamides is 1. The molecule has 11 heteroatoms. The third kappa shape index (κ3) is 7.79. The highest BCUT2D eigenvalue weighted by Crippen LogP contribution is 2.47. The van der Waals surface area contributed by atoms with Gasteiger partial charge in [-0.3, -0.25) is 9.69 Å². The molecule has 2 aromatic rings. The molecule has 6 atom stereocenters. The van der Waals surface area contributed by atoms with Gasteiger partial charge in [-0.25, -0.2) is 13.1 Å². The summed E-state index contributed by atoms with van der Waals surface area (Å²) in [6, 6.07) is 11.7. The number of halogens is 1. The average molecular weight is 752 g/mol. The van der Waals surface area contributed by atoms with Gasteiger partial charge in [0.15, 0.2) is 0 Å². The van der Waals surface area contributed by atoms with Crippen molar-refractivity contribution in [2.24, 2.45) is 23.7 Å². The number of morpholine rings is 1. The number of nitrogens with one attached hydrogen (secondary N) is 1. The molecule has 9 nitrogen and oxygen atoms in total. The lowest BCUT2D eigenvalue weighted by molar-refractivity contribution is -0.0315. The second-order valence-electron chi connectivity index (χ2n) is 16.4. The number of anilines is 1. The van der Waals surface area contributed by atoms with Gasteiger partial charge in [-0.05, 0) is 110 Å². The van der Waals surface area contributed by atoms with Crippen molar-refractivity contribution in [2.45, 2.75) is 81.5 Å². The Morgan fingerprint density at radius 2 is 1.92 bits per heavy atom. The first-order chi connectivity index (χ1) is 25.2. The van der Waals surface area contributed by atoms with Crippen LogP contribution in [0.3, 0.4) is 0 Å². The smallest absolute Gasteiger partial charge is 0.264 e. The molecule has 1 saturated heterocycles. The Morgan fingerprint density at radius 3 is 2.71 bits per heavy atom. The van der Waals surface area contributed by atoms with Gasteiger partial charge in [-0.1, -0.05) is 49.6 Å². The molecule has 2 saturated carbocycles. The number of nitrogens with zero attached hydrogens (tertiary/aromatic N) is 2. The Morgan fingerprint density at radius 1 is 1.08 bits per heavy atom. The number of hydrogen-bond donors (Lipinski definition) is 1. The maximum Gasteiger partial charge on any atom is 0.264 e. The summed E-state index contributed by atoms with van der Waals surface area (Å²) in [6.07, 6.45) is 12.8. The third-order valence-electron chi connectivity index (χ3n) is 12.8. The number of benzene rings is 2. The van der Waals surface area contributed by atoms with Crippen LogP contribution >= 0.6 is 11.6 Å². The Bertz CT molecular complexity index is 1760. The summed E-state index contributed by atoms with van der Waals surface area (Å²) < 4.78 is 49.5. The molecule has 3 aliphatic heterocycles. The van der Waals surface area contributed by atoms with Crippen molar-refractivity contribution in [1.82, 2.24) is 9.62 Å². The molecule has 3 aliphatic carbocycles. The number of aryl methyl sites for hydroxylation is 1. The van der Waals surface area contributed by atoms with Gasteiger partial charge in [0, 0.05) is 48.7 Å². The van der Waals surface area contributed by atoms with E-state index >= 15 is 0 Å². The lowest BCUT2D eigenvalue weighted by atomic mass is 9.68. The number of rotatable bonds is 6. The summed E-state index contributed by atoms with van der Waals surface area (Å²) in [5.74, 6) is 1.12. The van der Waals surface area contributed by atoms with Crippen molar-refractivity contribution in [3.63, 3.8) is 0 Å². The Kier molecular flexibility index (Phi) is 10.7. The second-order valence-corrected chi connectivity index (χ2v) is 18.7. The molecule has 1 N–H and O–H groups in total. The monoisotopic (exact) mass is 751 g/mol. The van der Waals surface area contributed by atoms with E-state index in [0.717, 1.165) is 107 Å². The van der Waals surface area contributed by atoms with Crippen LogP contribution in [0.1, 0.15) is 79.8 Å². The molecule has 3 fully saturated rings. The Labute approximate surface area is 314 Å². The van der Waals surface area contributed by atoms with E-state index in [-0.39, 0.29) is 17.4 Å². The normalized spacial score (nSPS) is 32.8. The minimum atomic E-state index is -3.94. The molecule has 1 amide bonds. The summed E-state index contributed by atoms with van der Waals surface area (Å²) in [5.41, 5.74) is 3.51. The van der Waals surface area contributed by atoms with E-state index in [1.54, 1.807) is 6.07 Å². The maximum absolute atomic E-state index is 14.0. The van der Waals surface area contributed by atoms with Crippen molar-refractivity contribution in [3.05, 3.63) is 70.3 Å². The minimum Gasteiger partial charge on any atom is -0.490 e. The number of amides is 1. The number of ether oxygens (including phenoxy) is 3. The Hall–Kier alpha value is -2.63. The zero-order chi connectivity index (χ0) is 35.9. The first-order valence-electron chi connectivity index (χ1n) is 19.6.